The van der Waals surface area contributed by atoms with Gasteiger partial charge in [0, 0.05) is 31.7 Å². The Morgan fingerprint density at radius 3 is 2.67 bits per heavy atom. The summed E-state index contributed by atoms with van der Waals surface area (Å²) in [6.45, 7) is -0.204. The average molecular weight is 403 g/mol. The van der Waals surface area contributed by atoms with Crippen LogP contribution in [-0.4, -0.2) is 38.3 Å². The Labute approximate surface area is 162 Å². The second-order valence-electron chi connectivity index (χ2n) is 6.08. The fourth-order valence-electron chi connectivity index (χ4n) is 3.25. The van der Waals surface area contributed by atoms with E-state index in [0.29, 0.717) is 12.1 Å². The summed E-state index contributed by atoms with van der Waals surface area (Å²) in [4.78, 5) is 2.22. The molecule has 0 bridgehead atoms. The average Bonchev–Trinajstić information content (AvgIpc) is 2.64. The molecule has 2 aromatic carbocycles. The number of para-hydroxylation sites is 1. The third-order valence-corrected chi connectivity index (χ3v) is 4.45. The van der Waals surface area contributed by atoms with Crippen molar-refractivity contribution >= 4 is 12.4 Å². The lowest BCUT2D eigenvalue weighted by molar-refractivity contribution is -0.0522. The van der Waals surface area contributed by atoms with Gasteiger partial charge in [0.25, 0.3) is 0 Å². The minimum atomic E-state index is -3.04. The van der Waals surface area contributed by atoms with Gasteiger partial charge in [0.1, 0.15) is 5.75 Å². The summed E-state index contributed by atoms with van der Waals surface area (Å²) in [5.41, 5.74) is 1.76. The van der Waals surface area contributed by atoms with Crippen molar-refractivity contribution in [1.29, 1.82) is 0 Å². The predicted molar refractivity (Wildman–Crippen MR) is 99.3 cm³/mol. The van der Waals surface area contributed by atoms with Gasteiger partial charge in [-0.3, -0.25) is 4.90 Å². The molecule has 2 aromatic rings. The molecule has 0 amide bonds. The minimum Gasteiger partial charge on any atom is -0.496 e. The molecule has 1 fully saturated rings. The van der Waals surface area contributed by atoms with E-state index >= 15 is 0 Å². The highest BCUT2D eigenvalue weighted by Crippen LogP contribution is 2.31. The standard InChI is InChI=1S/C19H21F3N2O2.ClH/c1-25-17-5-3-2-4-14(17)16-11-23-8-9-24(16)12-13-6-7-18(15(20)10-13)26-19(21)22;/h2-7,10,16,19,23H,8-9,11-12H2,1H3;1H. The highest BCUT2D eigenvalue weighted by Gasteiger charge is 2.26. The Kier molecular flexibility index (Phi) is 7.77. The van der Waals surface area contributed by atoms with Crippen LogP contribution in [0.25, 0.3) is 0 Å². The van der Waals surface area contributed by atoms with Crippen molar-refractivity contribution in [3.8, 4) is 11.5 Å². The zero-order valence-electron chi connectivity index (χ0n) is 14.8. The van der Waals surface area contributed by atoms with Crippen LogP contribution in [0.3, 0.4) is 0 Å². The molecule has 0 saturated carbocycles. The Hall–Kier alpha value is -1.96. The van der Waals surface area contributed by atoms with Gasteiger partial charge in [-0.2, -0.15) is 8.78 Å². The number of methoxy groups -OCH3 is 1. The van der Waals surface area contributed by atoms with Gasteiger partial charge in [0.15, 0.2) is 11.6 Å². The van der Waals surface area contributed by atoms with E-state index < -0.39 is 18.2 Å². The van der Waals surface area contributed by atoms with Crippen molar-refractivity contribution in [2.45, 2.75) is 19.2 Å². The molecular formula is C19H22ClF3N2O2. The molecule has 0 aromatic heterocycles. The normalized spacial score (nSPS) is 17.4. The first-order chi connectivity index (χ1) is 12.6. The molecule has 0 spiro atoms. The summed E-state index contributed by atoms with van der Waals surface area (Å²) in [6.07, 6.45) is 0. The molecule has 1 N–H and O–H groups in total. The van der Waals surface area contributed by atoms with Crippen LogP contribution in [0.15, 0.2) is 42.5 Å². The monoisotopic (exact) mass is 402 g/mol. The molecule has 1 saturated heterocycles. The van der Waals surface area contributed by atoms with Gasteiger partial charge in [0.05, 0.1) is 13.2 Å². The van der Waals surface area contributed by atoms with E-state index in [1.54, 1.807) is 13.2 Å². The van der Waals surface area contributed by atoms with Crippen LogP contribution in [0.4, 0.5) is 13.2 Å². The lowest BCUT2D eigenvalue weighted by Crippen LogP contribution is -2.45. The predicted octanol–water partition coefficient (Wildman–Crippen LogP) is 4.00. The molecule has 27 heavy (non-hydrogen) atoms. The van der Waals surface area contributed by atoms with Crippen LogP contribution in [0, 0.1) is 5.82 Å². The Morgan fingerprint density at radius 2 is 1.96 bits per heavy atom. The van der Waals surface area contributed by atoms with Gasteiger partial charge < -0.3 is 14.8 Å². The highest BCUT2D eigenvalue weighted by molar-refractivity contribution is 5.85. The zero-order valence-corrected chi connectivity index (χ0v) is 15.6. The summed E-state index contributed by atoms with van der Waals surface area (Å²) in [6, 6.07) is 12.0. The summed E-state index contributed by atoms with van der Waals surface area (Å²) in [7, 11) is 1.64. The maximum atomic E-state index is 14.0. The topological polar surface area (TPSA) is 33.7 Å². The van der Waals surface area contributed by atoms with Crippen molar-refractivity contribution < 1.29 is 22.6 Å². The van der Waals surface area contributed by atoms with Crippen molar-refractivity contribution in [3.05, 3.63) is 59.4 Å². The van der Waals surface area contributed by atoms with Gasteiger partial charge in [-0.05, 0) is 23.8 Å². The number of piperazine rings is 1. The SMILES string of the molecule is COc1ccccc1C1CNCCN1Cc1ccc(OC(F)F)c(F)c1.Cl. The summed E-state index contributed by atoms with van der Waals surface area (Å²) >= 11 is 0. The van der Waals surface area contributed by atoms with Gasteiger partial charge >= 0.3 is 6.61 Å². The molecule has 1 heterocycles. The minimum absolute atomic E-state index is 0. The first-order valence-corrected chi connectivity index (χ1v) is 8.39. The van der Waals surface area contributed by atoms with Crippen LogP contribution in [0.5, 0.6) is 11.5 Å². The lowest BCUT2D eigenvalue weighted by Gasteiger charge is -2.37. The third-order valence-electron chi connectivity index (χ3n) is 4.45. The van der Waals surface area contributed by atoms with Crippen molar-refractivity contribution in [3.63, 3.8) is 0 Å². The van der Waals surface area contributed by atoms with Crippen LogP contribution >= 0.6 is 12.4 Å². The van der Waals surface area contributed by atoms with E-state index in [0.717, 1.165) is 30.9 Å². The largest absolute Gasteiger partial charge is 0.496 e. The fraction of sp³-hybridized carbons (Fsp3) is 0.368. The van der Waals surface area contributed by atoms with Crippen LogP contribution < -0.4 is 14.8 Å². The summed E-state index contributed by atoms with van der Waals surface area (Å²) in [5.74, 6) is -0.421. The molecular weight excluding hydrogens is 381 g/mol. The Balaban J connectivity index is 0.00000261. The van der Waals surface area contributed by atoms with E-state index in [9.17, 15) is 13.2 Å². The zero-order chi connectivity index (χ0) is 18.5. The maximum Gasteiger partial charge on any atom is 0.387 e. The van der Waals surface area contributed by atoms with Crippen molar-refractivity contribution in [2.75, 3.05) is 26.7 Å². The van der Waals surface area contributed by atoms with Gasteiger partial charge in [0.2, 0.25) is 0 Å². The molecule has 0 radical (unpaired) electrons. The van der Waals surface area contributed by atoms with Gasteiger partial charge in [-0.1, -0.05) is 24.3 Å². The van der Waals surface area contributed by atoms with E-state index in [-0.39, 0.29) is 18.4 Å². The van der Waals surface area contributed by atoms with E-state index in [1.807, 2.05) is 24.3 Å². The van der Waals surface area contributed by atoms with E-state index in [2.05, 4.69) is 15.0 Å². The molecule has 8 heteroatoms. The molecule has 4 nitrogen and oxygen atoms in total. The molecule has 3 rings (SSSR count). The van der Waals surface area contributed by atoms with Crippen LogP contribution in [0.1, 0.15) is 17.2 Å². The van der Waals surface area contributed by atoms with Gasteiger partial charge in [-0.25, -0.2) is 4.39 Å². The van der Waals surface area contributed by atoms with E-state index in [1.165, 1.54) is 12.1 Å². The molecule has 1 aliphatic rings. The number of ether oxygens (including phenoxy) is 2. The van der Waals surface area contributed by atoms with E-state index in [4.69, 9.17) is 4.74 Å². The number of benzene rings is 2. The highest BCUT2D eigenvalue weighted by atomic mass is 35.5. The van der Waals surface area contributed by atoms with Crippen molar-refractivity contribution in [2.24, 2.45) is 0 Å². The maximum absolute atomic E-state index is 14.0. The molecule has 148 valence electrons. The first kappa shape index (κ1) is 21.3. The number of hydrogen-bond donors (Lipinski definition) is 1. The number of nitrogens with zero attached hydrogens (tertiary/aromatic N) is 1. The second kappa shape index (κ2) is 9.82. The number of alkyl halides is 2. The number of nitrogens with one attached hydrogen (secondary N) is 1. The van der Waals surface area contributed by atoms with Crippen LogP contribution in [0.2, 0.25) is 0 Å². The Morgan fingerprint density at radius 1 is 1.19 bits per heavy atom. The lowest BCUT2D eigenvalue weighted by atomic mass is 10.0. The fourth-order valence-corrected chi connectivity index (χ4v) is 3.25. The summed E-state index contributed by atoms with van der Waals surface area (Å²) in [5, 5.41) is 3.37. The van der Waals surface area contributed by atoms with Gasteiger partial charge in [-0.15, -0.1) is 12.4 Å². The first-order valence-electron chi connectivity index (χ1n) is 8.39. The molecule has 1 unspecified atom stereocenters. The molecule has 1 aliphatic heterocycles. The van der Waals surface area contributed by atoms with Crippen molar-refractivity contribution in [1.82, 2.24) is 10.2 Å². The third kappa shape index (κ3) is 5.28. The molecule has 0 aliphatic carbocycles. The summed E-state index contributed by atoms with van der Waals surface area (Å²) < 4.78 is 48.2. The number of halogens is 4. The smallest absolute Gasteiger partial charge is 0.387 e. The Bertz CT molecular complexity index is 749. The van der Waals surface area contributed by atoms with Crippen LogP contribution in [-0.2, 0) is 6.54 Å². The second-order valence-corrected chi connectivity index (χ2v) is 6.08. The number of rotatable bonds is 6. The molecule has 1 atom stereocenters. The number of hydrogen-bond acceptors (Lipinski definition) is 4. The quantitative estimate of drug-likeness (QED) is 0.791.